The SMILES string of the molecule is CN1CCCC1CCNC(=O)C1=CN2C3CC4CCCCC4CC3OC3C(NCCCCN4CCCC4)C(F)CC(C1=O)C32. The summed E-state index contributed by atoms with van der Waals surface area (Å²) >= 11 is 0. The summed E-state index contributed by atoms with van der Waals surface area (Å²) < 4.78 is 23.1. The first kappa shape index (κ1) is 31.1. The normalized spacial score (nSPS) is 40.7. The summed E-state index contributed by atoms with van der Waals surface area (Å²) in [6.07, 6.45) is 15.7. The lowest BCUT2D eigenvalue weighted by Crippen LogP contribution is -2.73. The molecule has 0 aromatic heterocycles. The number of morpholine rings is 1. The summed E-state index contributed by atoms with van der Waals surface area (Å²) in [4.78, 5) is 34.8. The number of carbonyl (C=O) groups is 2. The molecule has 2 N–H and O–H groups in total. The molecule has 3 saturated carbocycles. The molecule has 10 atom stereocenters. The van der Waals surface area contributed by atoms with Crippen LogP contribution in [0, 0.1) is 17.8 Å². The molecular formula is C35H56FN5O3. The number of fused-ring (bicyclic) bond motifs is 3. The van der Waals surface area contributed by atoms with E-state index in [0.29, 0.717) is 24.4 Å². The number of alkyl halides is 1. The largest absolute Gasteiger partial charge is 0.369 e. The van der Waals surface area contributed by atoms with E-state index in [-0.39, 0.29) is 48.0 Å². The Morgan fingerprint density at radius 1 is 0.977 bits per heavy atom. The molecule has 3 aliphatic carbocycles. The second-order valence-corrected chi connectivity index (χ2v) is 15.2. The molecular weight excluding hydrogens is 557 g/mol. The molecule has 246 valence electrons. The minimum Gasteiger partial charge on any atom is -0.369 e. The van der Waals surface area contributed by atoms with Gasteiger partial charge in [-0.25, -0.2) is 4.39 Å². The highest BCUT2D eigenvalue weighted by Crippen LogP contribution is 2.50. The number of hydrogen-bond donors (Lipinski definition) is 2. The Balaban J connectivity index is 1.07. The summed E-state index contributed by atoms with van der Waals surface area (Å²) in [6.45, 7) is 5.97. The van der Waals surface area contributed by atoms with Crippen LogP contribution in [-0.4, -0.2) is 115 Å². The highest BCUT2D eigenvalue weighted by Gasteiger charge is 2.59. The van der Waals surface area contributed by atoms with Gasteiger partial charge in [0.05, 0.1) is 35.9 Å². The lowest BCUT2D eigenvalue weighted by atomic mass is 9.65. The fraction of sp³-hybridized carbons (Fsp3) is 0.886. The first-order valence-corrected chi connectivity index (χ1v) is 18.2. The minimum atomic E-state index is -1.17. The number of nitrogens with zero attached hydrogens (tertiary/aromatic N) is 3. The maximum absolute atomic E-state index is 16.1. The average Bonchev–Trinajstić information content (AvgIpc) is 3.70. The second-order valence-electron chi connectivity index (χ2n) is 15.2. The van der Waals surface area contributed by atoms with E-state index < -0.39 is 18.1 Å². The third-order valence-electron chi connectivity index (χ3n) is 12.6. The van der Waals surface area contributed by atoms with E-state index in [2.05, 4.69) is 32.4 Å². The van der Waals surface area contributed by atoms with Crippen LogP contribution in [0.3, 0.4) is 0 Å². The third-order valence-corrected chi connectivity index (χ3v) is 12.6. The van der Waals surface area contributed by atoms with Gasteiger partial charge in [0.1, 0.15) is 6.17 Å². The van der Waals surface area contributed by atoms with Crippen LogP contribution in [0.1, 0.15) is 89.9 Å². The topological polar surface area (TPSA) is 77.2 Å². The molecule has 6 fully saturated rings. The summed E-state index contributed by atoms with van der Waals surface area (Å²) in [5.41, 5.74) is 0.233. The number of ketones is 1. The van der Waals surface area contributed by atoms with E-state index in [1.54, 1.807) is 0 Å². The van der Waals surface area contributed by atoms with Crippen LogP contribution in [0.4, 0.5) is 4.39 Å². The number of carbonyl (C=O) groups excluding carboxylic acids is 2. The highest BCUT2D eigenvalue weighted by atomic mass is 19.1. The Morgan fingerprint density at radius 3 is 2.55 bits per heavy atom. The lowest BCUT2D eigenvalue weighted by molar-refractivity contribution is -0.208. The van der Waals surface area contributed by atoms with Gasteiger partial charge in [0.15, 0.2) is 5.78 Å². The first-order chi connectivity index (χ1) is 21.5. The Hall–Kier alpha value is -1.55. The molecule has 8 nitrogen and oxygen atoms in total. The number of rotatable bonds is 10. The number of amides is 1. The second kappa shape index (κ2) is 13.7. The van der Waals surface area contributed by atoms with Gasteiger partial charge < -0.3 is 30.1 Å². The number of nitrogens with one attached hydrogen (secondary N) is 2. The van der Waals surface area contributed by atoms with Gasteiger partial charge >= 0.3 is 0 Å². The summed E-state index contributed by atoms with van der Waals surface area (Å²) in [5.74, 6) is 0.337. The molecule has 0 aromatic carbocycles. The molecule has 44 heavy (non-hydrogen) atoms. The number of hydrogen-bond acceptors (Lipinski definition) is 7. The van der Waals surface area contributed by atoms with Gasteiger partial charge in [-0.2, -0.15) is 0 Å². The van der Waals surface area contributed by atoms with Crippen LogP contribution in [0.2, 0.25) is 0 Å². The maximum Gasteiger partial charge on any atom is 0.256 e. The molecule has 7 aliphatic rings. The van der Waals surface area contributed by atoms with Crippen molar-refractivity contribution in [2.45, 2.75) is 132 Å². The predicted molar refractivity (Wildman–Crippen MR) is 169 cm³/mol. The molecule has 7 rings (SSSR count). The molecule has 0 radical (unpaired) electrons. The van der Waals surface area contributed by atoms with Crippen LogP contribution in [0.25, 0.3) is 0 Å². The third kappa shape index (κ3) is 6.24. The maximum atomic E-state index is 16.1. The van der Waals surface area contributed by atoms with Gasteiger partial charge in [0.2, 0.25) is 0 Å². The van der Waals surface area contributed by atoms with Crippen molar-refractivity contribution >= 4 is 11.7 Å². The van der Waals surface area contributed by atoms with E-state index >= 15 is 4.39 Å². The number of ether oxygens (including phenoxy) is 1. The predicted octanol–water partition coefficient (Wildman–Crippen LogP) is 3.65. The molecule has 4 aliphatic heterocycles. The average molecular weight is 614 g/mol. The monoisotopic (exact) mass is 613 g/mol. The van der Waals surface area contributed by atoms with Crippen molar-refractivity contribution in [2.24, 2.45) is 17.8 Å². The fourth-order valence-electron chi connectivity index (χ4n) is 10.2. The fourth-order valence-corrected chi connectivity index (χ4v) is 10.2. The van der Waals surface area contributed by atoms with Gasteiger partial charge in [-0.15, -0.1) is 0 Å². The summed E-state index contributed by atoms with van der Waals surface area (Å²) in [6, 6.07) is 0.00748. The van der Waals surface area contributed by atoms with E-state index in [9.17, 15) is 9.59 Å². The van der Waals surface area contributed by atoms with E-state index in [1.807, 2.05) is 6.20 Å². The molecule has 3 saturated heterocycles. The van der Waals surface area contributed by atoms with Gasteiger partial charge in [-0.05, 0) is 116 Å². The van der Waals surface area contributed by atoms with Crippen molar-refractivity contribution in [1.29, 1.82) is 0 Å². The standard InChI is InChI=1S/C35H56FN5O3/c1-39-15-8-11-25(39)12-14-38-35(43)27-22-41-29-19-23-9-2-3-10-24(23)20-30(29)44-34-31(28(36)21-26(32(34)41)33(27)42)37-13-4-5-16-40-17-6-7-18-40/h22-26,28-32,34,37H,2-21H2,1H3,(H,38,43). The van der Waals surface area contributed by atoms with Crippen LogP contribution >= 0.6 is 0 Å². The van der Waals surface area contributed by atoms with Crippen molar-refractivity contribution in [3.8, 4) is 0 Å². The number of unbranched alkanes of at least 4 members (excludes halogenated alkanes) is 1. The van der Waals surface area contributed by atoms with Crippen molar-refractivity contribution < 1.29 is 18.7 Å². The smallest absolute Gasteiger partial charge is 0.256 e. The van der Waals surface area contributed by atoms with Gasteiger partial charge in [-0.3, -0.25) is 9.59 Å². The van der Waals surface area contributed by atoms with Crippen LogP contribution < -0.4 is 10.6 Å². The van der Waals surface area contributed by atoms with Gasteiger partial charge in [-0.1, -0.05) is 25.7 Å². The molecule has 0 bridgehead atoms. The van der Waals surface area contributed by atoms with Crippen molar-refractivity contribution in [2.75, 3.05) is 46.3 Å². The Bertz CT molecular complexity index is 1070. The zero-order valence-corrected chi connectivity index (χ0v) is 26.9. The number of halogens is 1. The molecule has 9 heteroatoms. The first-order valence-electron chi connectivity index (χ1n) is 18.2. The zero-order chi connectivity index (χ0) is 30.2. The Morgan fingerprint density at radius 2 is 1.77 bits per heavy atom. The van der Waals surface area contributed by atoms with Crippen molar-refractivity contribution in [1.82, 2.24) is 25.3 Å². The molecule has 10 unspecified atom stereocenters. The van der Waals surface area contributed by atoms with Gasteiger partial charge in [0, 0.05) is 24.7 Å². The van der Waals surface area contributed by atoms with Gasteiger partial charge in [0.25, 0.3) is 5.91 Å². The summed E-state index contributed by atoms with van der Waals surface area (Å²) in [5, 5.41) is 6.66. The molecule has 0 aromatic rings. The Kier molecular flexibility index (Phi) is 9.65. The Labute approximate surface area is 263 Å². The highest BCUT2D eigenvalue weighted by molar-refractivity contribution is 6.20. The minimum absolute atomic E-state index is 0.0210. The van der Waals surface area contributed by atoms with Crippen LogP contribution in [0.15, 0.2) is 11.8 Å². The number of Topliss-reactive ketones (excluding diaryl/α,β-unsaturated/α-hetero) is 1. The molecule has 1 amide bonds. The lowest BCUT2D eigenvalue weighted by Gasteiger charge is -2.61. The quantitative estimate of drug-likeness (QED) is 0.288. The molecule has 4 heterocycles. The molecule has 0 spiro atoms. The van der Waals surface area contributed by atoms with Crippen molar-refractivity contribution in [3.63, 3.8) is 0 Å². The van der Waals surface area contributed by atoms with E-state index in [4.69, 9.17) is 4.74 Å². The zero-order valence-electron chi connectivity index (χ0n) is 26.9. The summed E-state index contributed by atoms with van der Waals surface area (Å²) in [7, 11) is 2.15. The van der Waals surface area contributed by atoms with E-state index in [0.717, 1.165) is 58.2 Å². The van der Waals surface area contributed by atoms with Crippen LogP contribution in [0.5, 0.6) is 0 Å². The van der Waals surface area contributed by atoms with Crippen molar-refractivity contribution in [3.05, 3.63) is 11.8 Å². The number of likely N-dealkylation sites (tertiary alicyclic amines) is 2. The van der Waals surface area contributed by atoms with Crippen LogP contribution in [-0.2, 0) is 14.3 Å². The van der Waals surface area contributed by atoms with E-state index in [1.165, 1.54) is 58.0 Å².